The summed E-state index contributed by atoms with van der Waals surface area (Å²) in [6.07, 6.45) is 0. The Morgan fingerprint density at radius 1 is 1.00 bits per heavy atom. The van der Waals surface area contributed by atoms with Crippen LogP contribution in [0.5, 0.6) is 0 Å². The molecule has 0 saturated carbocycles. The van der Waals surface area contributed by atoms with E-state index < -0.39 is 5.41 Å². The summed E-state index contributed by atoms with van der Waals surface area (Å²) in [4.78, 5) is 40.3. The number of carbonyl (C=O) groups excluding carboxylic acids is 3. The molecule has 0 aliphatic carbocycles. The van der Waals surface area contributed by atoms with E-state index in [0.717, 1.165) is 16.8 Å². The van der Waals surface area contributed by atoms with Crippen LogP contribution in [-0.2, 0) is 14.4 Å². The monoisotopic (exact) mass is 345 g/mol. The highest BCUT2D eigenvalue weighted by Crippen LogP contribution is 2.24. The molecular weight excluding hydrogens is 318 g/mol. The van der Waals surface area contributed by atoms with Crippen LogP contribution in [0.2, 0.25) is 0 Å². The number of hydrogen-bond donors (Lipinski definition) is 1. The van der Waals surface area contributed by atoms with Gasteiger partial charge in [0.25, 0.3) is 0 Å². The Kier molecular flexibility index (Phi) is 5.50. The fourth-order valence-electron chi connectivity index (χ4n) is 2.95. The van der Waals surface area contributed by atoms with Gasteiger partial charge in [0.05, 0.1) is 0 Å². The fourth-order valence-corrected chi connectivity index (χ4v) is 2.95. The van der Waals surface area contributed by atoms with E-state index in [1.165, 1.54) is 6.92 Å². The lowest BCUT2D eigenvalue weighted by atomic mass is 9.89. The minimum absolute atomic E-state index is 0.0129. The van der Waals surface area contributed by atoms with Gasteiger partial charge in [-0.05, 0) is 39.3 Å². The largest absolute Gasteiger partial charge is 0.339 e. The number of benzene rings is 1. The summed E-state index contributed by atoms with van der Waals surface area (Å²) < 4.78 is 0. The van der Waals surface area contributed by atoms with Crippen molar-refractivity contribution >= 4 is 23.4 Å². The van der Waals surface area contributed by atoms with E-state index in [1.807, 2.05) is 32.0 Å². The number of nitrogens with one attached hydrogen (secondary N) is 1. The summed E-state index contributed by atoms with van der Waals surface area (Å²) in [5, 5.41) is 2.87. The number of anilines is 1. The van der Waals surface area contributed by atoms with E-state index in [0.29, 0.717) is 26.2 Å². The smallest absolute Gasteiger partial charge is 0.239 e. The summed E-state index contributed by atoms with van der Waals surface area (Å²) in [7, 11) is 0. The van der Waals surface area contributed by atoms with Crippen LogP contribution in [0.25, 0.3) is 0 Å². The zero-order valence-electron chi connectivity index (χ0n) is 15.7. The molecule has 1 saturated heterocycles. The molecule has 1 aliphatic rings. The lowest BCUT2D eigenvalue weighted by molar-refractivity contribution is -0.149. The summed E-state index contributed by atoms with van der Waals surface area (Å²) in [6, 6.07) is 5.78. The lowest BCUT2D eigenvalue weighted by Gasteiger charge is -2.37. The SMILES string of the molecule is CC(=O)N1CCN(C(=O)C(C)(C)C(=O)Nc2ccc(C)cc2C)CC1. The van der Waals surface area contributed by atoms with Crippen LogP contribution >= 0.6 is 0 Å². The highest BCUT2D eigenvalue weighted by molar-refractivity contribution is 6.10. The second-order valence-electron chi connectivity index (χ2n) is 7.20. The van der Waals surface area contributed by atoms with Gasteiger partial charge in [-0.3, -0.25) is 14.4 Å². The maximum atomic E-state index is 12.8. The van der Waals surface area contributed by atoms with Crippen molar-refractivity contribution in [2.75, 3.05) is 31.5 Å². The molecule has 0 radical (unpaired) electrons. The number of piperazine rings is 1. The molecule has 1 N–H and O–H groups in total. The molecule has 0 atom stereocenters. The Hall–Kier alpha value is -2.37. The molecule has 6 heteroatoms. The highest BCUT2D eigenvalue weighted by atomic mass is 16.2. The molecule has 1 fully saturated rings. The molecule has 0 spiro atoms. The van der Waals surface area contributed by atoms with Crippen molar-refractivity contribution in [1.29, 1.82) is 0 Å². The predicted octanol–water partition coefficient (Wildman–Crippen LogP) is 1.96. The van der Waals surface area contributed by atoms with Crippen molar-refractivity contribution in [3.8, 4) is 0 Å². The summed E-state index contributed by atoms with van der Waals surface area (Å²) in [5.41, 5.74) is 1.63. The zero-order valence-corrected chi connectivity index (χ0v) is 15.7. The van der Waals surface area contributed by atoms with Crippen LogP contribution in [0.1, 0.15) is 31.9 Å². The minimum atomic E-state index is -1.17. The lowest BCUT2D eigenvalue weighted by Crippen LogP contribution is -2.55. The Morgan fingerprint density at radius 3 is 2.08 bits per heavy atom. The Bertz CT molecular complexity index is 689. The second-order valence-corrected chi connectivity index (χ2v) is 7.20. The first kappa shape index (κ1) is 19.0. The molecule has 0 aromatic heterocycles. The number of rotatable bonds is 3. The van der Waals surface area contributed by atoms with Gasteiger partial charge in [-0.25, -0.2) is 0 Å². The zero-order chi connectivity index (χ0) is 18.8. The van der Waals surface area contributed by atoms with Gasteiger partial charge >= 0.3 is 0 Å². The Balaban J connectivity index is 2.05. The Morgan fingerprint density at radius 2 is 1.56 bits per heavy atom. The van der Waals surface area contributed by atoms with Gasteiger partial charge in [0.2, 0.25) is 17.7 Å². The van der Waals surface area contributed by atoms with Crippen molar-refractivity contribution in [2.24, 2.45) is 5.41 Å². The van der Waals surface area contributed by atoms with Crippen molar-refractivity contribution in [3.63, 3.8) is 0 Å². The molecule has 0 unspecified atom stereocenters. The average molecular weight is 345 g/mol. The molecule has 0 bridgehead atoms. The van der Waals surface area contributed by atoms with Gasteiger partial charge in [0, 0.05) is 38.8 Å². The number of aryl methyl sites for hydroxylation is 2. The maximum Gasteiger partial charge on any atom is 0.239 e. The van der Waals surface area contributed by atoms with Crippen LogP contribution in [0.3, 0.4) is 0 Å². The Labute approximate surface area is 149 Å². The van der Waals surface area contributed by atoms with Crippen molar-refractivity contribution < 1.29 is 14.4 Å². The molecular formula is C19H27N3O3. The minimum Gasteiger partial charge on any atom is -0.339 e. The number of carbonyl (C=O) groups is 3. The van der Waals surface area contributed by atoms with Gasteiger partial charge in [-0.15, -0.1) is 0 Å². The molecule has 1 aromatic carbocycles. The third-order valence-corrected chi connectivity index (χ3v) is 4.74. The molecule has 25 heavy (non-hydrogen) atoms. The predicted molar refractivity (Wildman–Crippen MR) is 97.2 cm³/mol. The maximum absolute atomic E-state index is 12.8. The van der Waals surface area contributed by atoms with Gasteiger partial charge in [0.1, 0.15) is 5.41 Å². The quantitative estimate of drug-likeness (QED) is 0.852. The van der Waals surface area contributed by atoms with Gasteiger partial charge < -0.3 is 15.1 Å². The summed E-state index contributed by atoms with van der Waals surface area (Å²) in [6.45, 7) is 10.7. The van der Waals surface area contributed by atoms with Gasteiger partial charge in [-0.1, -0.05) is 17.7 Å². The van der Waals surface area contributed by atoms with Crippen LogP contribution in [0, 0.1) is 19.3 Å². The summed E-state index contributed by atoms with van der Waals surface area (Å²) >= 11 is 0. The first-order chi connectivity index (χ1) is 11.6. The molecule has 1 heterocycles. The highest BCUT2D eigenvalue weighted by Gasteiger charge is 2.40. The normalized spacial score (nSPS) is 15.1. The van der Waals surface area contributed by atoms with Crippen LogP contribution in [0.4, 0.5) is 5.69 Å². The van der Waals surface area contributed by atoms with E-state index in [-0.39, 0.29) is 17.7 Å². The standard InChI is InChI=1S/C19H27N3O3/c1-13-6-7-16(14(2)12-13)20-17(24)19(4,5)18(25)22-10-8-21(9-11-22)15(3)23/h6-7,12H,8-11H2,1-5H3,(H,20,24). The van der Waals surface area contributed by atoms with E-state index >= 15 is 0 Å². The molecule has 6 nitrogen and oxygen atoms in total. The number of amides is 3. The average Bonchev–Trinajstić information content (AvgIpc) is 2.56. The molecule has 136 valence electrons. The first-order valence-electron chi connectivity index (χ1n) is 8.56. The van der Waals surface area contributed by atoms with Crippen LogP contribution < -0.4 is 5.32 Å². The third-order valence-electron chi connectivity index (χ3n) is 4.74. The fraction of sp³-hybridized carbons (Fsp3) is 0.526. The van der Waals surface area contributed by atoms with E-state index in [4.69, 9.17) is 0 Å². The second kappa shape index (κ2) is 7.25. The van der Waals surface area contributed by atoms with Crippen molar-refractivity contribution in [3.05, 3.63) is 29.3 Å². The number of hydrogen-bond acceptors (Lipinski definition) is 3. The topological polar surface area (TPSA) is 69.7 Å². The molecule has 3 amide bonds. The first-order valence-corrected chi connectivity index (χ1v) is 8.56. The van der Waals surface area contributed by atoms with Crippen molar-refractivity contribution in [1.82, 2.24) is 9.80 Å². The molecule has 1 aromatic rings. The molecule has 1 aliphatic heterocycles. The van der Waals surface area contributed by atoms with Gasteiger partial charge in [0.15, 0.2) is 0 Å². The van der Waals surface area contributed by atoms with Crippen LogP contribution in [0.15, 0.2) is 18.2 Å². The summed E-state index contributed by atoms with van der Waals surface area (Å²) in [5.74, 6) is -0.518. The van der Waals surface area contributed by atoms with Crippen LogP contribution in [-0.4, -0.2) is 53.7 Å². The molecule has 2 rings (SSSR count). The van der Waals surface area contributed by atoms with E-state index in [2.05, 4.69) is 5.32 Å². The van der Waals surface area contributed by atoms with E-state index in [9.17, 15) is 14.4 Å². The van der Waals surface area contributed by atoms with Crippen molar-refractivity contribution in [2.45, 2.75) is 34.6 Å². The third kappa shape index (κ3) is 4.18. The van der Waals surface area contributed by atoms with Gasteiger partial charge in [-0.2, -0.15) is 0 Å². The van der Waals surface area contributed by atoms with E-state index in [1.54, 1.807) is 23.6 Å². The number of nitrogens with zero attached hydrogens (tertiary/aromatic N) is 2.